The normalized spacial score (nSPS) is 28.9. The minimum atomic E-state index is -0.640. The molecule has 1 aliphatic rings. The van der Waals surface area contributed by atoms with E-state index in [9.17, 15) is 0 Å². The third-order valence-corrected chi connectivity index (χ3v) is 2.89. The third-order valence-electron chi connectivity index (χ3n) is 2.89. The molecule has 16 heavy (non-hydrogen) atoms. The van der Waals surface area contributed by atoms with Crippen LogP contribution in [0.25, 0.3) is 0 Å². The van der Waals surface area contributed by atoms with Crippen molar-refractivity contribution in [2.45, 2.75) is 11.6 Å². The Balaban J connectivity index is 2.42. The highest BCUT2D eigenvalue weighted by molar-refractivity contribution is 5.39. The van der Waals surface area contributed by atoms with Gasteiger partial charge < -0.3 is 16.2 Å². The van der Waals surface area contributed by atoms with E-state index in [4.69, 9.17) is 16.2 Å². The van der Waals surface area contributed by atoms with Crippen LogP contribution >= 0.6 is 0 Å². The maximum atomic E-state index is 6.39. The molecule has 0 radical (unpaired) electrons. The summed E-state index contributed by atoms with van der Waals surface area (Å²) in [5, 5.41) is 0. The second kappa shape index (κ2) is 4.12. The first-order valence-corrected chi connectivity index (χ1v) is 5.20. The van der Waals surface area contributed by atoms with Crippen LogP contribution in [-0.2, 0) is 10.3 Å². The molecule has 0 saturated heterocycles. The number of methoxy groups -OCH3 is 1. The molecule has 3 heteroatoms. The molecular weight excluding hydrogens is 200 g/mol. The molecule has 2 unspecified atom stereocenters. The zero-order valence-electron chi connectivity index (χ0n) is 9.26. The van der Waals surface area contributed by atoms with Crippen LogP contribution < -0.4 is 11.5 Å². The number of rotatable bonds is 2. The molecule has 0 amide bonds. The molecule has 0 aromatic heterocycles. The van der Waals surface area contributed by atoms with Crippen LogP contribution in [0.1, 0.15) is 5.56 Å². The zero-order chi connectivity index (χ0) is 11.6. The number of hydrogen-bond acceptors (Lipinski definition) is 3. The molecule has 1 aliphatic carbocycles. The second-order valence-corrected chi connectivity index (χ2v) is 3.96. The molecule has 0 spiro atoms. The Morgan fingerprint density at radius 3 is 2.56 bits per heavy atom. The highest BCUT2D eigenvalue weighted by Crippen LogP contribution is 2.30. The van der Waals surface area contributed by atoms with Gasteiger partial charge in [-0.15, -0.1) is 0 Å². The molecule has 1 aromatic rings. The fourth-order valence-electron chi connectivity index (χ4n) is 1.95. The first kappa shape index (κ1) is 10.9. The number of hydrogen-bond donors (Lipinski definition) is 2. The predicted octanol–water partition coefficient (Wildman–Crippen LogP) is 1.27. The van der Waals surface area contributed by atoms with Crippen LogP contribution in [0.4, 0.5) is 0 Å². The van der Waals surface area contributed by atoms with Crippen molar-refractivity contribution >= 4 is 0 Å². The van der Waals surface area contributed by atoms with Gasteiger partial charge in [0.15, 0.2) is 0 Å². The average Bonchev–Trinajstić information content (AvgIpc) is 2.33. The molecular formula is C13H16N2O. The van der Waals surface area contributed by atoms with Crippen LogP contribution in [0.3, 0.4) is 0 Å². The maximum absolute atomic E-state index is 6.39. The summed E-state index contributed by atoms with van der Waals surface area (Å²) in [7, 11) is 1.64. The van der Waals surface area contributed by atoms with E-state index < -0.39 is 5.54 Å². The molecule has 2 atom stereocenters. The van der Waals surface area contributed by atoms with Crippen molar-refractivity contribution in [3.63, 3.8) is 0 Å². The third kappa shape index (κ3) is 1.75. The fourth-order valence-corrected chi connectivity index (χ4v) is 1.95. The molecule has 0 saturated carbocycles. The van der Waals surface area contributed by atoms with E-state index in [-0.39, 0.29) is 6.10 Å². The summed E-state index contributed by atoms with van der Waals surface area (Å²) >= 11 is 0. The average molecular weight is 216 g/mol. The monoisotopic (exact) mass is 216 g/mol. The van der Waals surface area contributed by atoms with Crippen molar-refractivity contribution in [2.75, 3.05) is 7.11 Å². The van der Waals surface area contributed by atoms with E-state index in [1.165, 1.54) is 0 Å². The SMILES string of the molecule is COC1C=C(N)C=CC1(N)c1ccccc1. The Morgan fingerprint density at radius 2 is 1.94 bits per heavy atom. The van der Waals surface area contributed by atoms with Crippen LogP contribution in [0.15, 0.2) is 54.3 Å². The van der Waals surface area contributed by atoms with Gasteiger partial charge in [-0.1, -0.05) is 36.4 Å². The van der Waals surface area contributed by atoms with Gasteiger partial charge in [-0.3, -0.25) is 0 Å². The van der Waals surface area contributed by atoms with Crippen molar-refractivity contribution in [3.8, 4) is 0 Å². The van der Waals surface area contributed by atoms with Gasteiger partial charge in [0.2, 0.25) is 0 Å². The molecule has 4 N–H and O–H groups in total. The van der Waals surface area contributed by atoms with Crippen LogP contribution in [0, 0.1) is 0 Å². The highest BCUT2D eigenvalue weighted by atomic mass is 16.5. The Bertz CT molecular complexity index is 425. The summed E-state index contributed by atoms with van der Waals surface area (Å²) in [6, 6.07) is 9.88. The molecule has 0 fully saturated rings. The van der Waals surface area contributed by atoms with Crippen LogP contribution in [-0.4, -0.2) is 13.2 Å². The predicted molar refractivity (Wildman–Crippen MR) is 64.5 cm³/mol. The second-order valence-electron chi connectivity index (χ2n) is 3.96. The van der Waals surface area contributed by atoms with Gasteiger partial charge in [0.25, 0.3) is 0 Å². The lowest BCUT2D eigenvalue weighted by atomic mass is 9.82. The fraction of sp³-hybridized carbons (Fsp3) is 0.231. The van der Waals surface area contributed by atoms with Gasteiger partial charge in [0.1, 0.15) is 6.10 Å². The Kier molecular flexibility index (Phi) is 2.81. The van der Waals surface area contributed by atoms with Gasteiger partial charge in [-0.05, 0) is 17.7 Å². The van der Waals surface area contributed by atoms with E-state index in [0.717, 1.165) is 5.56 Å². The number of ether oxygens (including phenoxy) is 1. The summed E-state index contributed by atoms with van der Waals surface area (Å²) in [6.07, 6.45) is 5.32. The first-order chi connectivity index (χ1) is 7.66. The summed E-state index contributed by atoms with van der Waals surface area (Å²) in [5.41, 5.74) is 13.2. The Labute approximate surface area is 95.4 Å². The molecule has 2 rings (SSSR count). The van der Waals surface area contributed by atoms with Crippen LogP contribution in [0.5, 0.6) is 0 Å². The van der Waals surface area contributed by atoms with E-state index in [1.807, 2.05) is 48.6 Å². The minimum Gasteiger partial charge on any atom is -0.399 e. The number of allylic oxidation sites excluding steroid dienone is 1. The summed E-state index contributed by atoms with van der Waals surface area (Å²) < 4.78 is 5.40. The van der Waals surface area contributed by atoms with Gasteiger partial charge in [0.05, 0.1) is 5.54 Å². The smallest absolute Gasteiger partial charge is 0.103 e. The van der Waals surface area contributed by atoms with Gasteiger partial charge in [-0.2, -0.15) is 0 Å². The van der Waals surface area contributed by atoms with Crippen molar-refractivity contribution in [2.24, 2.45) is 11.5 Å². The standard InChI is InChI=1S/C13H16N2O/c1-16-12-9-11(14)7-8-13(12,15)10-5-3-2-4-6-10/h2-9,12H,14-15H2,1H3. The lowest BCUT2D eigenvalue weighted by Gasteiger charge is -2.35. The first-order valence-electron chi connectivity index (χ1n) is 5.20. The van der Waals surface area contributed by atoms with E-state index in [0.29, 0.717) is 5.70 Å². The highest BCUT2D eigenvalue weighted by Gasteiger charge is 2.35. The molecule has 0 aliphatic heterocycles. The quantitative estimate of drug-likeness (QED) is 0.782. The Morgan fingerprint density at radius 1 is 1.25 bits per heavy atom. The van der Waals surface area contributed by atoms with E-state index in [1.54, 1.807) is 7.11 Å². The molecule has 3 nitrogen and oxygen atoms in total. The lowest BCUT2D eigenvalue weighted by Crippen LogP contribution is -2.48. The summed E-state index contributed by atoms with van der Waals surface area (Å²) in [4.78, 5) is 0. The summed E-state index contributed by atoms with van der Waals surface area (Å²) in [6.45, 7) is 0. The summed E-state index contributed by atoms with van der Waals surface area (Å²) in [5.74, 6) is 0. The number of nitrogens with two attached hydrogens (primary N) is 2. The minimum absolute atomic E-state index is 0.236. The van der Waals surface area contributed by atoms with Gasteiger partial charge >= 0.3 is 0 Å². The Hall–Kier alpha value is -1.58. The maximum Gasteiger partial charge on any atom is 0.103 e. The largest absolute Gasteiger partial charge is 0.399 e. The van der Waals surface area contributed by atoms with E-state index >= 15 is 0 Å². The van der Waals surface area contributed by atoms with E-state index in [2.05, 4.69) is 0 Å². The van der Waals surface area contributed by atoms with Crippen molar-refractivity contribution in [1.82, 2.24) is 0 Å². The molecule has 0 heterocycles. The van der Waals surface area contributed by atoms with Crippen molar-refractivity contribution in [3.05, 3.63) is 59.8 Å². The van der Waals surface area contributed by atoms with Gasteiger partial charge in [0, 0.05) is 12.8 Å². The van der Waals surface area contributed by atoms with Crippen LogP contribution in [0.2, 0.25) is 0 Å². The lowest BCUT2D eigenvalue weighted by molar-refractivity contribution is 0.0881. The van der Waals surface area contributed by atoms with Gasteiger partial charge in [-0.25, -0.2) is 0 Å². The topological polar surface area (TPSA) is 61.3 Å². The molecule has 1 aromatic carbocycles. The van der Waals surface area contributed by atoms with Crippen molar-refractivity contribution < 1.29 is 4.74 Å². The molecule has 0 bridgehead atoms. The number of benzene rings is 1. The zero-order valence-corrected chi connectivity index (χ0v) is 9.26. The van der Waals surface area contributed by atoms with Crippen molar-refractivity contribution in [1.29, 1.82) is 0 Å². The molecule has 84 valence electrons.